The van der Waals surface area contributed by atoms with Gasteiger partial charge >= 0.3 is 0 Å². The van der Waals surface area contributed by atoms with Crippen LogP contribution in [0.5, 0.6) is 5.75 Å². The van der Waals surface area contributed by atoms with E-state index in [-0.39, 0.29) is 12.0 Å². The normalized spacial score (nSPS) is 15.0. The highest BCUT2D eigenvalue weighted by Gasteiger charge is 2.24. The van der Waals surface area contributed by atoms with Crippen LogP contribution in [0.15, 0.2) is 48.7 Å². The number of carbonyl (C=O) groups excluding carboxylic acids is 1. The average molecular weight is 412 g/mol. The monoisotopic (exact) mass is 412 g/mol. The second kappa shape index (κ2) is 7.54. The molecule has 1 amide bonds. The van der Waals surface area contributed by atoms with E-state index < -0.39 is 0 Å². The summed E-state index contributed by atoms with van der Waals surface area (Å²) in [5.41, 5.74) is 7.55. The summed E-state index contributed by atoms with van der Waals surface area (Å²) >= 11 is 0. The largest absolute Gasteiger partial charge is 0.488 e. The van der Waals surface area contributed by atoms with Crippen molar-refractivity contribution in [2.75, 3.05) is 6.54 Å². The summed E-state index contributed by atoms with van der Waals surface area (Å²) in [5, 5.41) is 4.04. The van der Waals surface area contributed by atoms with Crippen molar-refractivity contribution in [2.24, 2.45) is 0 Å². The van der Waals surface area contributed by atoms with Gasteiger partial charge in [0.1, 0.15) is 17.5 Å². The molecule has 1 aliphatic rings. The molecule has 0 saturated carbocycles. The number of amides is 1. The van der Waals surface area contributed by atoms with Gasteiger partial charge in [0, 0.05) is 29.1 Å². The number of ether oxygens (including phenoxy) is 1. The SMILES string of the molecule is Cc1ccc2[nH]c(C(=O)NCC3Cc4cc(-c5nc(C)cnc5C)ccc4O3)cc2c1. The van der Waals surface area contributed by atoms with Gasteiger partial charge in [-0.1, -0.05) is 11.6 Å². The number of nitrogens with one attached hydrogen (secondary N) is 2. The van der Waals surface area contributed by atoms with Crippen molar-refractivity contribution < 1.29 is 9.53 Å². The maximum absolute atomic E-state index is 12.6. The second-order valence-corrected chi connectivity index (χ2v) is 8.20. The summed E-state index contributed by atoms with van der Waals surface area (Å²) in [6.07, 6.45) is 2.43. The zero-order chi connectivity index (χ0) is 21.5. The summed E-state index contributed by atoms with van der Waals surface area (Å²) in [4.78, 5) is 24.9. The van der Waals surface area contributed by atoms with Crippen LogP contribution < -0.4 is 10.1 Å². The Morgan fingerprint density at radius 3 is 2.90 bits per heavy atom. The molecule has 2 N–H and O–H groups in total. The Kier molecular flexibility index (Phi) is 4.70. The van der Waals surface area contributed by atoms with Gasteiger partial charge < -0.3 is 15.0 Å². The molecule has 156 valence electrons. The fraction of sp³-hybridized carbons (Fsp3) is 0.240. The molecule has 6 nitrogen and oxygen atoms in total. The minimum Gasteiger partial charge on any atom is -0.488 e. The fourth-order valence-corrected chi connectivity index (χ4v) is 4.07. The molecule has 2 aromatic heterocycles. The highest BCUT2D eigenvalue weighted by molar-refractivity contribution is 5.98. The minimum atomic E-state index is -0.125. The summed E-state index contributed by atoms with van der Waals surface area (Å²) in [7, 11) is 0. The Morgan fingerprint density at radius 2 is 2.03 bits per heavy atom. The number of H-pyrrole nitrogens is 1. The van der Waals surface area contributed by atoms with Gasteiger partial charge in [-0.2, -0.15) is 0 Å². The van der Waals surface area contributed by atoms with E-state index in [4.69, 9.17) is 4.74 Å². The molecule has 1 atom stereocenters. The second-order valence-electron chi connectivity index (χ2n) is 8.20. The molecule has 1 unspecified atom stereocenters. The minimum absolute atomic E-state index is 0.0921. The molecule has 0 saturated heterocycles. The third-order valence-electron chi connectivity index (χ3n) is 5.66. The maximum Gasteiger partial charge on any atom is 0.267 e. The quantitative estimate of drug-likeness (QED) is 0.524. The number of fused-ring (bicyclic) bond motifs is 2. The molecule has 2 aromatic carbocycles. The van der Waals surface area contributed by atoms with Gasteiger partial charge in [0.25, 0.3) is 5.91 Å². The van der Waals surface area contributed by atoms with Gasteiger partial charge in [0.2, 0.25) is 0 Å². The molecule has 0 aliphatic carbocycles. The fourth-order valence-electron chi connectivity index (χ4n) is 4.07. The first-order chi connectivity index (χ1) is 15.0. The Morgan fingerprint density at radius 1 is 1.16 bits per heavy atom. The summed E-state index contributed by atoms with van der Waals surface area (Å²) in [6.45, 7) is 6.40. The number of aromatic nitrogens is 3. The van der Waals surface area contributed by atoms with Crippen molar-refractivity contribution in [3.8, 4) is 17.0 Å². The number of carbonyl (C=O) groups is 1. The predicted molar refractivity (Wildman–Crippen MR) is 120 cm³/mol. The van der Waals surface area contributed by atoms with E-state index in [2.05, 4.69) is 32.4 Å². The topological polar surface area (TPSA) is 79.9 Å². The Bertz CT molecular complexity index is 1310. The van der Waals surface area contributed by atoms with Crippen LogP contribution in [0.4, 0.5) is 0 Å². The third kappa shape index (κ3) is 3.77. The first-order valence-electron chi connectivity index (χ1n) is 10.4. The van der Waals surface area contributed by atoms with Crippen molar-refractivity contribution in [1.29, 1.82) is 0 Å². The number of aryl methyl sites for hydroxylation is 3. The van der Waals surface area contributed by atoms with Crippen LogP contribution in [0.1, 0.15) is 33.0 Å². The molecule has 4 aromatic rings. The van der Waals surface area contributed by atoms with Crippen molar-refractivity contribution in [1.82, 2.24) is 20.3 Å². The lowest BCUT2D eigenvalue weighted by Gasteiger charge is -2.11. The van der Waals surface area contributed by atoms with Gasteiger partial charge in [-0.05, 0) is 62.7 Å². The lowest BCUT2D eigenvalue weighted by Crippen LogP contribution is -2.34. The first-order valence-corrected chi connectivity index (χ1v) is 10.4. The van der Waals surface area contributed by atoms with Crippen LogP contribution in [-0.4, -0.2) is 33.5 Å². The summed E-state index contributed by atoms with van der Waals surface area (Å²) < 4.78 is 6.05. The van der Waals surface area contributed by atoms with Crippen molar-refractivity contribution in [3.63, 3.8) is 0 Å². The lowest BCUT2D eigenvalue weighted by molar-refractivity contribution is 0.0929. The van der Waals surface area contributed by atoms with Gasteiger partial charge in [0.15, 0.2) is 0 Å². The van der Waals surface area contributed by atoms with E-state index in [0.29, 0.717) is 12.2 Å². The van der Waals surface area contributed by atoms with Gasteiger partial charge in [-0.15, -0.1) is 0 Å². The average Bonchev–Trinajstić information content (AvgIpc) is 3.36. The van der Waals surface area contributed by atoms with Gasteiger partial charge in [-0.25, -0.2) is 4.98 Å². The molecule has 0 radical (unpaired) electrons. The molecular formula is C25H24N4O2. The van der Waals surface area contributed by atoms with Gasteiger partial charge in [0.05, 0.1) is 23.6 Å². The number of hydrogen-bond acceptors (Lipinski definition) is 4. The molecule has 5 rings (SSSR count). The molecule has 1 aliphatic heterocycles. The van der Waals surface area contributed by atoms with Crippen LogP contribution in [0.25, 0.3) is 22.2 Å². The van der Waals surface area contributed by atoms with E-state index in [1.807, 2.05) is 51.1 Å². The molecule has 31 heavy (non-hydrogen) atoms. The smallest absolute Gasteiger partial charge is 0.267 e. The highest BCUT2D eigenvalue weighted by Crippen LogP contribution is 2.33. The van der Waals surface area contributed by atoms with Crippen LogP contribution in [0.3, 0.4) is 0 Å². The van der Waals surface area contributed by atoms with Crippen molar-refractivity contribution in [3.05, 3.63) is 76.9 Å². The molecule has 0 spiro atoms. The number of rotatable bonds is 4. The summed E-state index contributed by atoms with van der Waals surface area (Å²) in [5.74, 6) is 0.738. The first kappa shape index (κ1) is 19.3. The Labute approximate surface area is 180 Å². The van der Waals surface area contributed by atoms with Crippen molar-refractivity contribution in [2.45, 2.75) is 33.3 Å². The zero-order valence-electron chi connectivity index (χ0n) is 17.8. The molecule has 0 fully saturated rings. The molecule has 3 heterocycles. The van der Waals surface area contributed by atoms with Crippen LogP contribution in [-0.2, 0) is 6.42 Å². The Hall–Kier alpha value is -3.67. The van der Waals surface area contributed by atoms with E-state index in [0.717, 1.165) is 51.3 Å². The van der Waals surface area contributed by atoms with E-state index in [9.17, 15) is 4.79 Å². The predicted octanol–water partition coefficient (Wildman–Crippen LogP) is 4.28. The summed E-state index contributed by atoms with van der Waals surface area (Å²) in [6, 6.07) is 14.1. The zero-order valence-corrected chi connectivity index (χ0v) is 17.8. The van der Waals surface area contributed by atoms with Crippen LogP contribution in [0.2, 0.25) is 0 Å². The van der Waals surface area contributed by atoms with Crippen LogP contribution in [0, 0.1) is 20.8 Å². The number of aromatic amines is 1. The Balaban J connectivity index is 1.26. The number of nitrogens with zero attached hydrogens (tertiary/aromatic N) is 2. The highest BCUT2D eigenvalue weighted by atomic mass is 16.5. The maximum atomic E-state index is 12.6. The standard InChI is InChI=1S/C25H24N4O2/c1-14-4-6-21-18(8-14)11-22(29-21)25(30)27-13-20-10-19-9-17(5-7-23(19)31-20)24-16(3)26-12-15(2)28-24/h4-9,11-12,20,29H,10,13H2,1-3H3,(H,27,30). The van der Waals surface area contributed by atoms with E-state index >= 15 is 0 Å². The number of hydrogen-bond donors (Lipinski definition) is 2. The molecule has 0 bridgehead atoms. The lowest BCUT2D eigenvalue weighted by atomic mass is 10.0. The molecular weight excluding hydrogens is 388 g/mol. The molecule has 6 heteroatoms. The van der Waals surface area contributed by atoms with E-state index in [1.165, 1.54) is 5.56 Å². The third-order valence-corrected chi connectivity index (χ3v) is 5.66. The van der Waals surface area contributed by atoms with E-state index in [1.54, 1.807) is 6.20 Å². The number of benzene rings is 2. The van der Waals surface area contributed by atoms with Crippen molar-refractivity contribution >= 4 is 16.8 Å². The van der Waals surface area contributed by atoms with Gasteiger partial charge in [-0.3, -0.25) is 9.78 Å². The van der Waals surface area contributed by atoms with Crippen LogP contribution >= 0.6 is 0 Å².